The summed E-state index contributed by atoms with van der Waals surface area (Å²) in [6.07, 6.45) is -4.62. The molecule has 0 saturated carbocycles. The molecular weight excluding hydrogens is 488 g/mol. The highest BCUT2D eigenvalue weighted by atomic mass is 35.5. The quantitative estimate of drug-likeness (QED) is 0.382. The highest BCUT2D eigenvalue weighted by Crippen LogP contribution is 2.39. The highest BCUT2D eigenvalue weighted by Gasteiger charge is 2.33. The number of halogens is 6. The fourth-order valence-electron chi connectivity index (χ4n) is 2.75. The number of hydrogen-bond donors (Lipinski definition) is 2. The molecule has 2 aromatic carbocycles. The minimum absolute atomic E-state index is 0.0126. The molecule has 32 heavy (non-hydrogen) atoms. The summed E-state index contributed by atoms with van der Waals surface area (Å²) in [6.45, 7) is 5.69. The fourth-order valence-corrected chi connectivity index (χ4v) is 3.52. The number of urea groups is 1. The Balaban J connectivity index is 2.02. The number of rotatable bonds is 3. The smallest absolute Gasteiger partial charge is 0.308 e. The Morgan fingerprint density at radius 2 is 1.50 bits per heavy atom. The fraction of sp³-hybridized carbons (Fsp3) is 0.238. The van der Waals surface area contributed by atoms with Gasteiger partial charge in [0, 0.05) is 22.2 Å². The second-order valence-electron chi connectivity index (χ2n) is 7.95. The summed E-state index contributed by atoms with van der Waals surface area (Å²) >= 11 is 18.2. The summed E-state index contributed by atoms with van der Waals surface area (Å²) in [5, 5.41) is 9.70. The zero-order chi connectivity index (χ0) is 23.8. The molecule has 0 aliphatic carbocycles. The number of alkyl halides is 3. The standard InChI is InChI=1S/C21H18Cl3F3N4O/c1-20(2,3)16-10-17(29-19(32)28-13-6-4-12(22)5-7-13)31(30-16)18-14(23)8-11(9-15(18)24)21(25,26)27/h4-10H,1-3H3,(H2,28,29,32). The van der Waals surface area contributed by atoms with Crippen LogP contribution < -0.4 is 10.6 Å². The molecule has 1 aromatic heterocycles. The number of aromatic nitrogens is 2. The zero-order valence-electron chi connectivity index (χ0n) is 17.1. The van der Waals surface area contributed by atoms with E-state index in [0.29, 0.717) is 16.4 Å². The van der Waals surface area contributed by atoms with Gasteiger partial charge in [-0.1, -0.05) is 55.6 Å². The van der Waals surface area contributed by atoms with Crippen molar-refractivity contribution in [2.75, 3.05) is 10.6 Å². The van der Waals surface area contributed by atoms with Crippen LogP contribution in [0.4, 0.5) is 29.5 Å². The van der Waals surface area contributed by atoms with E-state index in [2.05, 4.69) is 15.7 Å². The van der Waals surface area contributed by atoms with Crippen LogP contribution >= 0.6 is 34.8 Å². The van der Waals surface area contributed by atoms with Gasteiger partial charge >= 0.3 is 12.2 Å². The van der Waals surface area contributed by atoms with Gasteiger partial charge in [0.15, 0.2) is 0 Å². The van der Waals surface area contributed by atoms with Crippen LogP contribution in [0.15, 0.2) is 42.5 Å². The van der Waals surface area contributed by atoms with Gasteiger partial charge in [-0.25, -0.2) is 9.48 Å². The molecular formula is C21H18Cl3F3N4O. The molecule has 3 rings (SSSR count). The molecule has 0 spiro atoms. The van der Waals surface area contributed by atoms with Crippen LogP contribution in [-0.4, -0.2) is 15.8 Å². The van der Waals surface area contributed by atoms with Gasteiger partial charge in [-0.2, -0.15) is 18.3 Å². The maximum absolute atomic E-state index is 13.1. The van der Waals surface area contributed by atoms with Crippen molar-refractivity contribution in [1.82, 2.24) is 9.78 Å². The third kappa shape index (κ3) is 5.49. The first kappa shape index (κ1) is 24.2. The van der Waals surface area contributed by atoms with Crippen molar-refractivity contribution in [2.45, 2.75) is 32.4 Å². The van der Waals surface area contributed by atoms with E-state index in [4.69, 9.17) is 34.8 Å². The van der Waals surface area contributed by atoms with Gasteiger partial charge in [-0.05, 0) is 36.4 Å². The lowest BCUT2D eigenvalue weighted by Gasteiger charge is -2.16. The van der Waals surface area contributed by atoms with Gasteiger partial charge in [-0.15, -0.1) is 0 Å². The molecule has 0 atom stereocenters. The summed E-state index contributed by atoms with van der Waals surface area (Å²) in [6, 6.07) is 8.98. The number of amides is 2. The van der Waals surface area contributed by atoms with Crippen molar-refractivity contribution in [3.05, 3.63) is 68.8 Å². The van der Waals surface area contributed by atoms with E-state index in [1.54, 1.807) is 30.3 Å². The first-order valence-corrected chi connectivity index (χ1v) is 10.4. The third-order valence-corrected chi connectivity index (χ3v) is 5.21. The van der Waals surface area contributed by atoms with Crippen molar-refractivity contribution >= 4 is 52.3 Å². The minimum atomic E-state index is -4.62. The van der Waals surface area contributed by atoms with E-state index in [1.807, 2.05) is 20.8 Å². The van der Waals surface area contributed by atoms with E-state index in [0.717, 1.165) is 12.1 Å². The monoisotopic (exact) mass is 504 g/mol. The Bertz CT molecular complexity index is 1130. The first-order valence-electron chi connectivity index (χ1n) is 9.26. The third-order valence-electron chi connectivity index (χ3n) is 4.38. The Hall–Kier alpha value is -2.42. The summed E-state index contributed by atoms with van der Waals surface area (Å²) in [5.41, 5.74) is -0.363. The maximum Gasteiger partial charge on any atom is 0.416 e. The number of anilines is 2. The lowest BCUT2D eigenvalue weighted by atomic mass is 9.92. The molecule has 0 fully saturated rings. The normalized spacial score (nSPS) is 12.0. The van der Waals surface area contributed by atoms with Crippen molar-refractivity contribution < 1.29 is 18.0 Å². The van der Waals surface area contributed by atoms with Gasteiger partial charge in [0.05, 0.1) is 21.3 Å². The van der Waals surface area contributed by atoms with Crippen LogP contribution in [0.5, 0.6) is 0 Å². The van der Waals surface area contributed by atoms with E-state index >= 15 is 0 Å². The van der Waals surface area contributed by atoms with Gasteiger partial charge in [0.1, 0.15) is 11.5 Å². The molecule has 2 N–H and O–H groups in total. The molecule has 0 aliphatic rings. The maximum atomic E-state index is 13.1. The lowest BCUT2D eigenvalue weighted by Crippen LogP contribution is -2.21. The number of nitrogens with one attached hydrogen (secondary N) is 2. The van der Waals surface area contributed by atoms with Gasteiger partial charge < -0.3 is 5.32 Å². The second-order valence-corrected chi connectivity index (χ2v) is 9.20. The van der Waals surface area contributed by atoms with E-state index in [1.165, 1.54) is 4.68 Å². The molecule has 0 saturated heterocycles. The Morgan fingerprint density at radius 1 is 0.938 bits per heavy atom. The van der Waals surface area contributed by atoms with Crippen molar-refractivity contribution in [2.24, 2.45) is 0 Å². The van der Waals surface area contributed by atoms with Crippen LogP contribution in [0, 0.1) is 0 Å². The van der Waals surface area contributed by atoms with E-state index in [9.17, 15) is 18.0 Å². The van der Waals surface area contributed by atoms with Crippen LogP contribution in [0.1, 0.15) is 32.0 Å². The number of benzene rings is 2. The number of hydrogen-bond acceptors (Lipinski definition) is 2. The predicted octanol–water partition coefficient (Wildman–Crippen LogP) is 7.79. The summed E-state index contributed by atoms with van der Waals surface area (Å²) in [4.78, 5) is 12.6. The van der Waals surface area contributed by atoms with Crippen molar-refractivity contribution in [1.29, 1.82) is 0 Å². The van der Waals surface area contributed by atoms with Crippen molar-refractivity contribution in [3.63, 3.8) is 0 Å². The largest absolute Gasteiger partial charge is 0.416 e. The second kappa shape index (κ2) is 8.84. The minimum Gasteiger partial charge on any atom is -0.308 e. The molecule has 0 aliphatic heterocycles. The molecule has 2 amide bonds. The lowest BCUT2D eigenvalue weighted by molar-refractivity contribution is -0.137. The van der Waals surface area contributed by atoms with Gasteiger partial charge in [0.2, 0.25) is 0 Å². The highest BCUT2D eigenvalue weighted by molar-refractivity contribution is 6.38. The van der Waals surface area contributed by atoms with E-state index in [-0.39, 0.29) is 21.6 Å². The molecule has 170 valence electrons. The zero-order valence-corrected chi connectivity index (χ0v) is 19.4. The molecule has 5 nitrogen and oxygen atoms in total. The Morgan fingerprint density at radius 3 is 2.00 bits per heavy atom. The number of nitrogens with zero attached hydrogens (tertiary/aromatic N) is 2. The van der Waals surface area contributed by atoms with Crippen LogP contribution in [0.25, 0.3) is 5.69 Å². The van der Waals surface area contributed by atoms with E-state index < -0.39 is 23.2 Å². The topological polar surface area (TPSA) is 59.0 Å². The summed E-state index contributed by atoms with van der Waals surface area (Å²) in [5.74, 6) is 0.171. The average molecular weight is 506 g/mol. The molecule has 0 bridgehead atoms. The molecule has 11 heteroatoms. The molecule has 3 aromatic rings. The van der Waals surface area contributed by atoms with Gasteiger partial charge in [-0.3, -0.25) is 5.32 Å². The summed E-state index contributed by atoms with van der Waals surface area (Å²) < 4.78 is 40.6. The average Bonchev–Trinajstić information content (AvgIpc) is 3.06. The first-order chi connectivity index (χ1) is 14.8. The Labute approximate surface area is 197 Å². The molecule has 0 radical (unpaired) electrons. The van der Waals surface area contributed by atoms with Crippen LogP contribution in [-0.2, 0) is 11.6 Å². The van der Waals surface area contributed by atoms with Crippen LogP contribution in [0.3, 0.4) is 0 Å². The van der Waals surface area contributed by atoms with Gasteiger partial charge in [0.25, 0.3) is 0 Å². The number of carbonyl (C=O) groups is 1. The Kier molecular flexibility index (Phi) is 6.70. The SMILES string of the molecule is CC(C)(C)c1cc(NC(=O)Nc2ccc(Cl)cc2)n(-c2c(Cl)cc(C(F)(F)F)cc2Cl)n1. The summed E-state index contributed by atoms with van der Waals surface area (Å²) in [7, 11) is 0. The molecule has 0 unspecified atom stereocenters. The van der Waals surface area contributed by atoms with Crippen LogP contribution in [0.2, 0.25) is 15.1 Å². The molecule has 1 heterocycles. The van der Waals surface area contributed by atoms with Crippen molar-refractivity contribution in [3.8, 4) is 5.69 Å². The predicted molar refractivity (Wildman–Crippen MR) is 121 cm³/mol. The number of carbonyl (C=O) groups excluding carboxylic acids is 1.